The van der Waals surface area contributed by atoms with E-state index in [0.717, 1.165) is 44.0 Å². The Morgan fingerprint density at radius 2 is 2.04 bits per heavy atom. The van der Waals surface area contributed by atoms with Crippen molar-refractivity contribution < 1.29 is 13.9 Å². The quantitative estimate of drug-likeness (QED) is 0.735. The van der Waals surface area contributed by atoms with Crippen LogP contribution in [0.25, 0.3) is 10.1 Å². The van der Waals surface area contributed by atoms with E-state index in [2.05, 4.69) is 10.3 Å². The van der Waals surface area contributed by atoms with Crippen LogP contribution in [0.4, 0.5) is 14.6 Å². The first kappa shape index (κ1) is 15.5. The van der Waals surface area contributed by atoms with E-state index in [4.69, 9.17) is 0 Å². The molecule has 1 aliphatic carbocycles. The molecule has 2 heterocycles. The van der Waals surface area contributed by atoms with E-state index in [1.807, 2.05) is 19.1 Å². The van der Waals surface area contributed by atoms with E-state index >= 15 is 0 Å². The summed E-state index contributed by atoms with van der Waals surface area (Å²) < 4.78 is 28.0. The molecule has 24 heavy (non-hydrogen) atoms. The van der Waals surface area contributed by atoms with Gasteiger partial charge < -0.3 is 10.4 Å². The normalized spacial score (nSPS) is 16.6. The number of halogens is 2. The van der Waals surface area contributed by atoms with Gasteiger partial charge in [0, 0.05) is 10.6 Å². The number of anilines is 1. The van der Waals surface area contributed by atoms with E-state index in [1.54, 1.807) is 0 Å². The highest BCUT2D eigenvalue weighted by Gasteiger charge is 2.25. The minimum absolute atomic E-state index is 0.00537. The fourth-order valence-electron chi connectivity index (χ4n) is 3.33. The third-order valence-corrected chi connectivity index (χ3v) is 5.55. The molecule has 0 aliphatic heterocycles. The number of aryl methyl sites for hydroxylation is 2. The number of nitrogens with zero attached hydrogens (tertiary/aromatic N) is 1. The SMILES string of the molecule is Cc1cc2cc(CO)sc2c(N[C@@H]2CCc3cc(F)c(F)cc32)n1. The van der Waals surface area contributed by atoms with Gasteiger partial charge in [-0.3, -0.25) is 0 Å². The van der Waals surface area contributed by atoms with E-state index in [-0.39, 0.29) is 12.6 Å². The molecule has 2 aromatic heterocycles. The zero-order valence-electron chi connectivity index (χ0n) is 13.1. The predicted octanol–water partition coefficient (Wildman–Crippen LogP) is 4.47. The number of thiophene rings is 1. The van der Waals surface area contributed by atoms with Crippen LogP contribution < -0.4 is 5.32 Å². The minimum Gasteiger partial charge on any atom is -0.391 e. The van der Waals surface area contributed by atoms with Crippen molar-refractivity contribution in [2.75, 3.05) is 5.32 Å². The van der Waals surface area contributed by atoms with Crippen LogP contribution in [0.5, 0.6) is 0 Å². The third kappa shape index (κ3) is 2.56. The third-order valence-electron chi connectivity index (χ3n) is 4.41. The fraction of sp³-hybridized carbons (Fsp3) is 0.278. The second kappa shape index (κ2) is 5.79. The molecule has 1 atom stereocenters. The van der Waals surface area contributed by atoms with Crippen molar-refractivity contribution in [2.45, 2.75) is 32.4 Å². The topological polar surface area (TPSA) is 45.1 Å². The summed E-state index contributed by atoms with van der Waals surface area (Å²) in [6.07, 6.45) is 1.49. The van der Waals surface area contributed by atoms with Crippen LogP contribution in [-0.2, 0) is 13.0 Å². The van der Waals surface area contributed by atoms with Gasteiger partial charge in [-0.05, 0) is 60.5 Å². The molecule has 0 saturated carbocycles. The first-order valence-electron chi connectivity index (χ1n) is 7.80. The Labute approximate surface area is 142 Å². The molecule has 3 nitrogen and oxygen atoms in total. The summed E-state index contributed by atoms with van der Waals surface area (Å²) in [4.78, 5) is 5.45. The summed E-state index contributed by atoms with van der Waals surface area (Å²) in [5.41, 5.74) is 2.51. The molecular weight excluding hydrogens is 330 g/mol. The van der Waals surface area contributed by atoms with Crippen molar-refractivity contribution in [3.8, 4) is 0 Å². The number of aromatic nitrogens is 1. The Bertz CT molecular complexity index is 938. The van der Waals surface area contributed by atoms with Crippen LogP contribution in [0.3, 0.4) is 0 Å². The highest BCUT2D eigenvalue weighted by Crippen LogP contribution is 2.38. The van der Waals surface area contributed by atoms with Gasteiger partial charge in [-0.15, -0.1) is 11.3 Å². The van der Waals surface area contributed by atoms with Crippen molar-refractivity contribution in [3.05, 3.63) is 57.6 Å². The Kier molecular flexibility index (Phi) is 3.73. The van der Waals surface area contributed by atoms with E-state index in [1.165, 1.54) is 23.5 Å². The van der Waals surface area contributed by atoms with Crippen LogP contribution in [0.2, 0.25) is 0 Å². The second-order valence-corrected chi connectivity index (χ2v) is 7.24. The molecule has 124 valence electrons. The molecule has 4 rings (SSSR count). The minimum atomic E-state index is -0.816. The molecule has 0 saturated heterocycles. The van der Waals surface area contributed by atoms with Gasteiger partial charge in [0.15, 0.2) is 11.6 Å². The van der Waals surface area contributed by atoms with E-state index in [0.29, 0.717) is 6.42 Å². The Balaban J connectivity index is 1.74. The Morgan fingerprint density at radius 3 is 2.83 bits per heavy atom. The smallest absolute Gasteiger partial charge is 0.159 e. The van der Waals surface area contributed by atoms with E-state index in [9.17, 15) is 13.9 Å². The molecule has 0 bridgehead atoms. The number of rotatable bonds is 3. The molecule has 3 aromatic rings. The van der Waals surface area contributed by atoms with Gasteiger partial charge in [-0.25, -0.2) is 13.8 Å². The number of nitrogens with one attached hydrogen (secondary N) is 1. The van der Waals surface area contributed by atoms with Gasteiger partial charge in [-0.1, -0.05) is 0 Å². The summed E-state index contributed by atoms with van der Waals surface area (Å²) in [6, 6.07) is 6.43. The highest BCUT2D eigenvalue weighted by atomic mass is 32.1. The molecule has 0 spiro atoms. The van der Waals surface area contributed by atoms with Gasteiger partial charge in [0.25, 0.3) is 0 Å². The first-order valence-corrected chi connectivity index (χ1v) is 8.62. The lowest BCUT2D eigenvalue weighted by atomic mass is 10.1. The number of aliphatic hydroxyl groups is 1. The van der Waals surface area contributed by atoms with Crippen molar-refractivity contribution in [2.24, 2.45) is 0 Å². The molecule has 0 radical (unpaired) electrons. The van der Waals surface area contributed by atoms with Crippen LogP contribution in [-0.4, -0.2) is 10.1 Å². The van der Waals surface area contributed by atoms with Gasteiger partial charge in [0.05, 0.1) is 17.3 Å². The zero-order chi connectivity index (χ0) is 16.8. The monoisotopic (exact) mass is 346 g/mol. The lowest BCUT2D eigenvalue weighted by Crippen LogP contribution is -2.09. The Morgan fingerprint density at radius 1 is 1.25 bits per heavy atom. The Hall–Kier alpha value is -2.05. The molecule has 0 amide bonds. The maximum absolute atomic E-state index is 13.6. The lowest BCUT2D eigenvalue weighted by molar-refractivity contribution is 0.285. The summed E-state index contributed by atoms with van der Waals surface area (Å²) >= 11 is 1.49. The molecule has 0 fully saturated rings. The molecule has 1 aromatic carbocycles. The number of hydrogen-bond acceptors (Lipinski definition) is 4. The van der Waals surface area contributed by atoms with E-state index < -0.39 is 11.6 Å². The van der Waals surface area contributed by atoms with Crippen LogP contribution in [0, 0.1) is 18.6 Å². The van der Waals surface area contributed by atoms with Crippen molar-refractivity contribution in [1.29, 1.82) is 0 Å². The molecule has 2 N–H and O–H groups in total. The largest absolute Gasteiger partial charge is 0.391 e. The maximum atomic E-state index is 13.6. The summed E-state index contributed by atoms with van der Waals surface area (Å²) in [5.74, 6) is -0.878. The molecular formula is C18H16F2N2OS. The van der Waals surface area contributed by atoms with Gasteiger partial charge >= 0.3 is 0 Å². The maximum Gasteiger partial charge on any atom is 0.159 e. The molecule has 6 heteroatoms. The van der Waals surface area contributed by atoms with Crippen LogP contribution >= 0.6 is 11.3 Å². The first-order chi connectivity index (χ1) is 11.5. The van der Waals surface area contributed by atoms with Crippen LogP contribution in [0.15, 0.2) is 24.3 Å². The van der Waals surface area contributed by atoms with Gasteiger partial charge in [0.1, 0.15) is 5.82 Å². The summed E-state index contributed by atoms with van der Waals surface area (Å²) in [7, 11) is 0. The van der Waals surface area contributed by atoms with Gasteiger partial charge in [0.2, 0.25) is 0 Å². The van der Waals surface area contributed by atoms with Crippen molar-refractivity contribution in [1.82, 2.24) is 4.98 Å². The average Bonchev–Trinajstić information content (AvgIpc) is 3.12. The predicted molar refractivity (Wildman–Crippen MR) is 91.3 cm³/mol. The lowest BCUT2D eigenvalue weighted by Gasteiger charge is -2.16. The number of hydrogen-bond donors (Lipinski definition) is 2. The molecule has 1 aliphatic rings. The molecule has 0 unspecified atom stereocenters. The summed E-state index contributed by atoms with van der Waals surface area (Å²) in [6.45, 7) is 1.91. The van der Waals surface area contributed by atoms with Crippen molar-refractivity contribution in [3.63, 3.8) is 0 Å². The summed E-state index contributed by atoms with van der Waals surface area (Å²) in [5, 5.41) is 13.8. The number of fused-ring (bicyclic) bond motifs is 2. The second-order valence-electron chi connectivity index (χ2n) is 6.10. The van der Waals surface area contributed by atoms with Crippen molar-refractivity contribution >= 4 is 27.2 Å². The average molecular weight is 346 g/mol. The van der Waals surface area contributed by atoms with Gasteiger partial charge in [-0.2, -0.15) is 0 Å². The number of benzene rings is 1. The highest BCUT2D eigenvalue weighted by molar-refractivity contribution is 7.19. The zero-order valence-corrected chi connectivity index (χ0v) is 13.9. The standard InChI is InChI=1S/C18H16F2N2OS/c1-9-4-11-5-12(8-23)24-17(11)18(21-9)22-16-3-2-10-6-14(19)15(20)7-13(10)16/h4-7,16,23H,2-3,8H2,1H3,(H,21,22)/t16-/m1/s1. The number of aliphatic hydroxyl groups excluding tert-OH is 1. The van der Waals surface area contributed by atoms with Crippen LogP contribution in [0.1, 0.15) is 34.2 Å². The fourth-order valence-corrected chi connectivity index (χ4v) is 4.28. The number of pyridine rings is 1.